The van der Waals surface area contributed by atoms with E-state index in [0.29, 0.717) is 6.54 Å². The van der Waals surface area contributed by atoms with E-state index in [-0.39, 0.29) is 25.0 Å². The maximum Gasteiger partial charge on any atom is 0.250 e. The number of ether oxygens (including phenoxy) is 1. The number of anilines is 1. The van der Waals surface area contributed by atoms with Crippen LogP contribution in [0.1, 0.15) is 11.1 Å². The number of carbonyl (C=O) groups excluding carboxylic acids is 2. The van der Waals surface area contributed by atoms with Crippen molar-refractivity contribution >= 4 is 17.5 Å². The Bertz CT molecular complexity index is 671. The van der Waals surface area contributed by atoms with E-state index in [2.05, 4.69) is 10.6 Å². The Morgan fingerprint density at radius 2 is 1.71 bits per heavy atom. The Kier molecular flexibility index (Phi) is 6.98. The van der Waals surface area contributed by atoms with E-state index in [4.69, 9.17) is 4.74 Å². The molecule has 0 aliphatic rings. The summed E-state index contributed by atoms with van der Waals surface area (Å²) in [5.41, 5.74) is 2.94. The first-order chi connectivity index (χ1) is 11.6. The summed E-state index contributed by atoms with van der Waals surface area (Å²) in [5.74, 6) is -0.507. The van der Waals surface area contributed by atoms with Gasteiger partial charge in [-0.25, -0.2) is 0 Å². The summed E-state index contributed by atoms with van der Waals surface area (Å²) in [6, 6.07) is 17.4. The smallest absolute Gasteiger partial charge is 0.250 e. The molecule has 0 radical (unpaired) electrons. The third-order valence-electron chi connectivity index (χ3n) is 3.35. The molecule has 2 N–H and O–H groups in total. The number of amides is 2. The van der Waals surface area contributed by atoms with Crippen molar-refractivity contribution < 1.29 is 14.3 Å². The summed E-state index contributed by atoms with van der Waals surface area (Å²) in [7, 11) is 0. The van der Waals surface area contributed by atoms with Gasteiger partial charge in [-0.15, -0.1) is 0 Å². The van der Waals surface area contributed by atoms with Crippen LogP contribution in [0.2, 0.25) is 0 Å². The molecule has 5 nitrogen and oxygen atoms in total. The first-order valence-electron chi connectivity index (χ1n) is 7.88. The van der Waals surface area contributed by atoms with Crippen LogP contribution in [-0.2, 0) is 20.7 Å². The molecule has 2 rings (SSSR count). The summed E-state index contributed by atoms with van der Waals surface area (Å²) >= 11 is 0. The molecule has 0 saturated carbocycles. The summed E-state index contributed by atoms with van der Waals surface area (Å²) < 4.78 is 5.14. The molecule has 0 aliphatic heterocycles. The molecular formula is C19H22N2O3. The largest absolute Gasteiger partial charge is 0.362 e. The summed E-state index contributed by atoms with van der Waals surface area (Å²) in [4.78, 5) is 23.4. The van der Waals surface area contributed by atoms with E-state index < -0.39 is 0 Å². The van der Waals surface area contributed by atoms with Gasteiger partial charge in [-0.2, -0.15) is 0 Å². The van der Waals surface area contributed by atoms with Crippen molar-refractivity contribution in [1.82, 2.24) is 5.32 Å². The average Bonchev–Trinajstić information content (AvgIpc) is 2.56. The lowest BCUT2D eigenvalue weighted by Gasteiger charge is -2.08. The number of aryl methyl sites for hydroxylation is 1. The van der Waals surface area contributed by atoms with E-state index in [9.17, 15) is 9.59 Å². The highest BCUT2D eigenvalue weighted by molar-refractivity contribution is 5.91. The van der Waals surface area contributed by atoms with E-state index in [1.807, 2.05) is 55.5 Å². The van der Waals surface area contributed by atoms with Gasteiger partial charge in [0, 0.05) is 12.2 Å². The molecule has 0 saturated heterocycles. The zero-order chi connectivity index (χ0) is 17.2. The minimum Gasteiger partial charge on any atom is -0.362 e. The van der Waals surface area contributed by atoms with Gasteiger partial charge in [0.05, 0.1) is 0 Å². The van der Waals surface area contributed by atoms with Gasteiger partial charge in [-0.1, -0.05) is 42.5 Å². The van der Waals surface area contributed by atoms with Crippen molar-refractivity contribution in [2.75, 3.05) is 25.1 Å². The fraction of sp³-hybridized carbons (Fsp3) is 0.263. The van der Waals surface area contributed by atoms with E-state index in [1.54, 1.807) is 6.07 Å². The van der Waals surface area contributed by atoms with E-state index >= 15 is 0 Å². The highest BCUT2D eigenvalue weighted by Gasteiger charge is 2.06. The first kappa shape index (κ1) is 17.7. The minimum atomic E-state index is -0.280. The second-order valence-corrected chi connectivity index (χ2v) is 5.50. The number of benzene rings is 2. The fourth-order valence-electron chi connectivity index (χ4n) is 2.20. The van der Waals surface area contributed by atoms with Gasteiger partial charge in [-0.05, 0) is 36.6 Å². The number of nitrogens with one attached hydrogen (secondary N) is 2. The number of carbonyl (C=O) groups is 2. The topological polar surface area (TPSA) is 67.4 Å². The molecular weight excluding hydrogens is 304 g/mol. The van der Waals surface area contributed by atoms with Crippen molar-refractivity contribution in [2.45, 2.75) is 13.3 Å². The molecule has 5 heteroatoms. The molecule has 0 atom stereocenters. The van der Waals surface area contributed by atoms with Crippen LogP contribution in [0.5, 0.6) is 0 Å². The zero-order valence-corrected chi connectivity index (χ0v) is 13.7. The Labute approximate surface area is 142 Å². The van der Waals surface area contributed by atoms with Crippen molar-refractivity contribution in [1.29, 1.82) is 0 Å². The Morgan fingerprint density at radius 1 is 0.958 bits per heavy atom. The van der Waals surface area contributed by atoms with Crippen molar-refractivity contribution in [3.05, 3.63) is 65.7 Å². The molecule has 0 fully saturated rings. The Hall–Kier alpha value is -2.66. The Morgan fingerprint density at radius 3 is 2.46 bits per heavy atom. The molecule has 0 aromatic heterocycles. The third-order valence-corrected chi connectivity index (χ3v) is 3.35. The summed E-state index contributed by atoms with van der Waals surface area (Å²) in [5, 5.41) is 5.49. The monoisotopic (exact) mass is 326 g/mol. The molecule has 2 aromatic rings. The van der Waals surface area contributed by atoms with Gasteiger partial charge in [0.15, 0.2) is 0 Å². The standard InChI is InChI=1S/C19H22N2O3/c1-15-6-5-9-17(12-15)21-19(23)14-24-13-18(22)20-11-10-16-7-3-2-4-8-16/h2-9,12H,10-11,13-14H2,1H3,(H,20,22)(H,21,23). The SMILES string of the molecule is Cc1cccc(NC(=O)COCC(=O)NCCc2ccccc2)c1. The third kappa shape index (κ3) is 6.62. The van der Waals surface area contributed by atoms with Crippen molar-refractivity contribution in [3.63, 3.8) is 0 Å². The van der Waals surface area contributed by atoms with Gasteiger partial charge in [-0.3, -0.25) is 9.59 Å². The molecule has 24 heavy (non-hydrogen) atoms. The highest BCUT2D eigenvalue weighted by Crippen LogP contribution is 2.09. The molecule has 2 aromatic carbocycles. The van der Waals surface area contributed by atoms with Crippen LogP contribution in [0.25, 0.3) is 0 Å². The van der Waals surface area contributed by atoms with Crippen LogP contribution in [0.15, 0.2) is 54.6 Å². The molecule has 2 amide bonds. The van der Waals surface area contributed by atoms with Gasteiger partial charge in [0.25, 0.3) is 0 Å². The van der Waals surface area contributed by atoms with Crippen molar-refractivity contribution in [2.24, 2.45) is 0 Å². The van der Waals surface area contributed by atoms with E-state index in [1.165, 1.54) is 0 Å². The minimum absolute atomic E-state index is 0.129. The molecule has 0 unspecified atom stereocenters. The van der Waals surface area contributed by atoms with E-state index in [0.717, 1.165) is 23.2 Å². The molecule has 0 heterocycles. The number of rotatable bonds is 8. The average molecular weight is 326 g/mol. The fourth-order valence-corrected chi connectivity index (χ4v) is 2.20. The van der Waals surface area contributed by atoms with Gasteiger partial charge >= 0.3 is 0 Å². The second kappa shape index (κ2) is 9.47. The van der Waals surface area contributed by atoms with Crippen LogP contribution in [-0.4, -0.2) is 31.6 Å². The molecule has 0 aliphatic carbocycles. The van der Waals surface area contributed by atoms with Gasteiger partial charge in [0.2, 0.25) is 11.8 Å². The van der Waals surface area contributed by atoms with Gasteiger partial charge in [0.1, 0.15) is 13.2 Å². The van der Waals surface area contributed by atoms with Crippen LogP contribution in [0.3, 0.4) is 0 Å². The van der Waals surface area contributed by atoms with Crippen molar-refractivity contribution in [3.8, 4) is 0 Å². The first-order valence-corrected chi connectivity index (χ1v) is 7.88. The quantitative estimate of drug-likeness (QED) is 0.782. The van der Waals surface area contributed by atoms with Crippen LogP contribution < -0.4 is 10.6 Å². The summed E-state index contributed by atoms with van der Waals surface area (Å²) in [6.45, 7) is 2.21. The predicted octanol–water partition coefficient (Wildman–Crippen LogP) is 2.31. The molecule has 0 bridgehead atoms. The molecule has 126 valence electrons. The van der Waals surface area contributed by atoms with Crippen LogP contribution in [0, 0.1) is 6.92 Å². The zero-order valence-electron chi connectivity index (χ0n) is 13.7. The Balaban J connectivity index is 1.59. The lowest BCUT2D eigenvalue weighted by molar-refractivity contribution is -0.128. The van der Waals surface area contributed by atoms with Crippen LogP contribution in [0.4, 0.5) is 5.69 Å². The highest BCUT2D eigenvalue weighted by atomic mass is 16.5. The number of hydrogen-bond donors (Lipinski definition) is 2. The predicted molar refractivity (Wildman–Crippen MR) is 93.8 cm³/mol. The lowest BCUT2D eigenvalue weighted by Crippen LogP contribution is -2.31. The summed E-state index contributed by atoms with van der Waals surface area (Å²) in [6.07, 6.45) is 0.764. The maximum atomic E-state index is 11.7. The van der Waals surface area contributed by atoms with Gasteiger partial charge < -0.3 is 15.4 Å². The molecule has 0 spiro atoms. The normalized spacial score (nSPS) is 10.2. The number of hydrogen-bond acceptors (Lipinski definition) is 3. The maximum absolute atomic E-state index is 11.7. The second-order valence-electron chi connectivity index (χ2n) is 5.50. The van der Waals surface area contributed by atoms with Crippen LogP contribution >= 0.6 is 0 Å². The lowest BCUT2D eigenvalue weighted by atomic mass is 10.1.